The molecule has 2 aliphatic rings. The van der Waals surface area contributed by atoms with Crippen LogP contribution in [-0.4, -0.2) is 27.5 Å². The zero-order chi connectivity index (χ0) is 14.9. The minimum absolute atomic E-state index is 0.0418. The normalized spacial score (nSPS) is 22.0. The number of likely N-dealkylation sites (tertiary alicyclic amines) is 1. The predicted molar refractivity (Wildman–Crippen MR) is 82.6 cm³/mol. The van der Waals surface area contributed by atoms with Crippen LogP contribution in [0.5, 0.6) is 0 Å². The van der Waals surface area contributed by atoms with Crippen LogP contribution in [0.4, 0.5) is 0 Å². The molecule has 1 unspecified atom stereocenters. The van der Waals surface area contributed by atoms with Gasteiger partial charge in [-0.05, 0) is 54.5 Å². The van der Waals surface area contributed by atoms with Crippen molar-refractivity contribution in [3.8, 4) is 0 Å². The lowest BCUT2D eigenvalue weighted by atomic mass is 10.0. The van der Waals surface area contributed by atoms with Crippen LogP contribution in [0.3, 0.4) is 0 Å². The van der Waals surface area contributed by atoms with Gasteiger partial charge in [-0.3, -0.25) is 4.79 Å². The van der Waals surface area contributed by atoms with E-state index in [9.17, 15) is 4.79 Å². The molecule has 2 aromatic heterocycles. The Morgan fingerprint density at radius 2 is 2.27 bits per heavy atom. The minimum atomic E-state index is -0.0418. The molecule has 6 heteroatoms. The standard InChI is InChI=1S/C16H19N3O2S/c20-14(9-11-6-8-22-10-11)19-7-2-1-3-13(19)16-17-15(18-21-16)12-4-5-12/h6,8,10,12-13H,1-5,7,9H2. The number of hydrogen-bond donors (Lipinski definition) is 0. The van der Waals surface area contributed by atoms with Gasteiger partial charge in [-0.25, -0.2) is 0 Å². The molecule has 0 radical (unpaired) electrons. The van der Waals surface area contributed by atoms with Crippen LogP contribution in [0.1, 0.15) is 61.3 Å². The van der Waals surface area contributed by atoms with Gasteiger partial charge in [-0.2, -0.15) is 16.3 Å². The number of rotatable bonds is 4. The lowest BCUT2D eigenvalue weighted by molar-refractivity contribution is -0.135. The third-order valence-electron chi connectivity index (χ3n) is 4.44. The Morgan fingerprint density at radius 3 is 3.05 bits per heavy atom. The van der Waals surface area contributed by atoms with Gasteiger partial charge in [0, 0.05) is 12.5 Å². The predicted octanol–water partition coefficient (Wildman–Crippen LogP) is 3.30. The van der Waals surface area contributed by atoms with E-state index in [-0.39, 0.29) is 11.9 Å². The van der Waals surface area contributed by atoms with E-state index in [4.69, 9.17) is 4.52 Å². The van der Waals surface area contributed by atoms with Gasteiger partial charge in [-0.1, -0.05) is 5.16 Å². The van der Waals surface area contributed by atoms with E-state index in [1.165, 1.54) is 0 Å². The highest BCUT2D eigenvalue weighted by Crippen LogP contribution is 2.39. The monoisotopic (exact) mass is 317 g/mol. The summed E-state index contributed by atoms with van der Waals surface area (Å²) in [6.07, 6.45) is 5.85. The summed E-state index contributed by atoms with van der Waals surface area (Å²) in [5.41, 5.74) is 1.09. The van der Waals surface area contributed by atoms with Crippen LogP contribution in [-0.2, 0) is 11.2 Å². The second-order valence-corrected chi connectivity index (χ2v) is 6.95. The van der Waals surface area contributed by atoms with Gasteiger partial charge in [0.15, 0.2) is 5.82 Å². The first-order chi connectivity index (χ1) is 10.8. The molecular weight excluding hydrogens is 298 g/mol. The summed E-state index contributed by atoms with van der Waals surface area (Å²) in [5.74, 6) is 2.09. The Kier molecular flexibility index (Phi) is 3.70. The number of carbonyl (C=O) groups is 1. The number of hydrogen-bond acceptors (Lipinski definition) is 5. The summed E-state index contributed by atoms with van der Waals surface area (Å²) in [5, 5.41) is 8.15. The number of nitrogens with zero attached hydrogens (tertiary/aromatic N) is 3. The Hall–Kier alpha value is -1.69. The molecule has 0 aromatic carbocycles. The number of amides is 1. The Balaban J connectivity index is 1.51. The molecular formula is C16H19N3O2S. The topological polar surface area (TPSA) is 59.2 Å². The largest absolute Gasteiger partial charge is 0.337 e. The number of piperidine rings is 1. The molecule has 0 bridgehead atoms. The maximum atomic E-state index is 12.6. The van der Waals surface area contributed by atoms with Crippen LogP contribution >= 0.6 is 11.3 Å². The van der Waals surface area contributed by atoms with Crippen molar-refractivity contribution in [3.05, 3.63) is 34.1 Å². The van der Waals surface area contributed by atoms with Gasteiger partial charge in [0.05, 0.1) is 6.42 Å². The fourth-order valence-corrected chi connectivity index (χ4v) is 3.71. The highest BCUT2D eigenvalue weighted by molar-refractivity contribution is 7.07. The van der Waals surface area contributed by atoms with E-state index in [0.717, 1.165) is 50.0 Å². The van der Waals surface area contributed by atoms with Crippen molar-refractivity contribution in [2.24, 2.45) is 0 Å². The lowest BCUT2D eigenvalue weighted by Crippen LogP contribution is -2.39. The zero-order valence-electron chi connectivity index (χ0n) is 12.4. The Morgan fingerprint density at radius 1 is 1.36 bits per heavy atom. The SMILES string of the molecule is O=C(Cc1ccsc1)N1CCCCC1c1nc(C2CC2)no1. The molecule has 116 valence electrons. The van der Waals surface area contributed by atoms with Gasteiger partial charge in [0.1, 0.15) is 6.04 Å². The first-order valence-corrected chi connectivity index (χ1v) is 8.89. The van der Waals surface area contributed by atoms with Crippen molar-refractivity contribution < 1.29 is 9.32 Å². The maximum absolute atomic E-state index is 12.6. The van der Waals surface area contributed by atoms with Crippen molar-refractivity contribution in [2.45, 2.75) is 50.5 Å². The highest BCUT2D eigenvalue weighted by atomic mass is 32.1. The third kappa shape index (κ3) is 2.79. The fourth-order valence-electron chi connectivity index (χ4n) is 3.05. The minimum Gasteiger partial charge on any atom is -0.337 e. The van der Waals surface area contributed by atoms with Crippen LogP contribution in [0.2, 0.25) is 0 Å². The van der Waals surface area contributed by atoms with Gasteiger partial charge in [0.25, 0.3) is 0 Å². The van der Waals surface area contributed by atoms with Gasteiger partial charge in [0.2, 0.25) is 11.8 Å². The molecule has 4 rings (SSSR count). The summed E-state index contributed by atoms with van der Waals surface area (Å²) < 4.78 is 5.47. The van der Waals surface area contributed by atoms with Crippen molar-refractivity contribution >= 4 is 17.2 Å². The highest BCUT2D eigenvalue weighted by Gasteiger charge is 2.34. The fraction of sp³-hybridized carbons (Fsp3) is 0.562. The van der Waals surface area contributed by atoms with Crippen molar-refractivity contribution in [1.29, 1.82) is 0 Å². The average Bonchev–Trinajstić information content (AvgIpc) is 3.06. The first kappa shape index (κ1) is 13.9. The molecule has 1 atom stereocenters. The molecule has 1 saturated carbocycles. The van der Waals surface area contributed by atoms with Crippen LogP contribution in [0.25, 0.3) is 0 Å². The van der Waals surface area contributed by atoms with Crippen LogP contribution in [0.15, 0.2) is 21.3 Å². The smallest absolute Gasteiger partial charge is 0.249 e. The molecule has 0 spiro atoms. The van der Waals surface area contributed by atoms with E-state index in [2.05, 4.69) is 10.1 Å². The van der Waals surface area contributed by atoms with Crippen molar-refractivity contribution in [3.63, 3.8) is 0 Å². The molecule has 2 aromatic rings. The lowest BCUT2D eigenvalue weighted by Gasteiger charge is -2.33. The van der Waals surface area contributed by atoms with E-state index in [0.29, 0.717) is 18.2 Å². The molecule has 0 N–H and O–H groups in total. The molecule has 22 heavy (non-hydrogen) atoms. The number of carbonyl (C=O) groups excluding carboxylic acids is 1. The average molecular weight is 317 g/mol. The summed E-state index contributed by atoms with van der Waals surface area (Å²) in [7, 11) is 0. The second-order valence-electron chi connectivity index (χ2n) is 6.17. The summed E-state index contributed by atoms with van der Waals surface area (Å²) >= 11 is 1.63. The van der Waals surface area contributed by atoms with Crippen molar-refractivity contribution in [2.75, 3.05) is 6.54 Å². The third-order valence-corrected chi connectivity index (χ3v) is 5.18. The summed E-state index contributed by atoms with van der Waals surface area (Å²) in [6.45, 7) is 0.786. The summed E-state index contributed by atoms with van der Waals surface area (Å²) in [6, 6.07) is 1.97. The quantitative estimate of drug-likeness (QED) is 0.868. The molecule has 1 saturated heterocycles. The Labute approximate surface area is 133 Å². The van der Waals surface area contributed by atoms with Crippen LogP contribution < -0.4 is 0 Å². The maximum Gasteiger partial charge on any atom is 0.249 e. The number of aromatic nitrogens is 2. The van der Waals surface area contributed by atoms with Crippen LogP contribution in [0, 0.1) is 0 Å². The first-order valence-electron chi connectivity index (χ1n) is 7.95. The Bertz CT molecular complexity index is 648. The molecule has 3 heterocycles. The molecule has 5 nitrogen and oxygen atoms in total. The van der Waals surface area contributed by atoms with E-state index in [1.54, 1.807) is 11.3 Å². The number of thiophene rings is 1. The molecule has 1 aliphatic carbocycles. The molecule has 2 fully saturated rings. The van der Waals surface area contributed by atoms with Gasteiger partial charge in [-0.15, -0.1) is 0 Å². The van der Waals surface area contributed by atoms with E-state index in [1.807, 2.05) is 21.7 Å². The second kappa shape index (κ2) is 5.83. The van der Waals surface area contributed by atoms with Gasteiger partial charge < -0.3 is 9.42 Å². The van der Waals surface area contributed by atoms with Gasteiger partial charge >= 0.3 is 0 Å². The van der Waals surface area contributed by atoms with Crippen molar-refractivity contribution in [1.82, 2.24) is 15.0 Å². The molecule has 1 aliphatic heterocycles. The van der Waals surface area contributed by atoms with E-state index < -0.39 is 0 Å². The molecule has 1 amide bonds. The summed E-state index contributed by atoms with van der Waals surface area (Å²) in [4.78, 5) is 19.1. The zero-order valence-corrected chi connectivity index (χ0v) is 13.2. The van der Waals surface area contributed by atoms with E-state index >= 15 is 0 Å².